The Morgan fingerprint density at radius 3 is 2.70 bits per heavy atom. The Kier molecular flexibility index (Phi) is 2.69. The highest BCUT2D eigenvalue weighted by atomic mass is 16.3. The third kappa shape index (κ3) is 1.70. The van der Waals surface area contributed by atoms with Gasteiger partial charge >= 0.3 is 0 Å². The molecule has 1 rings (SSSR count). The molecule has 0 aliphatic carbocycles. The molecule has 2 atom stereocenters. The van der Waals surface area contributed by atoms with Crippen molar-refractivity contribution < 1.29 is 5.11 Å². The quantitative estimate of drug-likeness (QED) is 0.619. The van der Waals surface area contributed by atoms with Crippen molar-refractivity contribution in [3.63, 3.8) is 0 Å². The summed E-state index contributed by atoms with van der Waals surface area (Å²) in [5.41, 5.74) is 0. The van der Waals surface area contributed by atoms with Gasteiger partial charge in [0.25, 0.3) is 0 Å². The molecule has 10 heavy (non-hydrogen) atoms. The SMILES string of the molecule is CCCN1C[C@H](O)C[C@@H]1C. The molecule has 0 aromatic carbocycles. The average molecular weight is 143 g/mol. The first-order valence-corrected chi connectivity index (χ1v) is 4.16. The van der Waals surface area contributed by atoms with E-state index in [1.54, 1.807) is 0 Å². The lowest BCUT2D eigenvalue weighted by Crippen LogP contribution is -2.28. The van der Waals surface area contributed by atoms with Crippen LogP contribution in [-0.4, -0.2) is 35.2 Å². The summed E-state index contributed by atoms with van der Waals surface area (Å²) >= 11 is 0. The van der Waals surface area contributed by atoms with Gasteiger partial charge in [0.15, 0.2) is 0 Å². The molecule has 0 bridgehead atoms. The van der Waals surface area contributed by atoms with Crippen molar-refractivity contribution in [2.75, 3.05) is 13.1 Å². The van der Waals surface area contributed by atoms with Crippen LogP contribution in [0, 0.1) is 0 Å². The maximum Gasteiger partial charge on any atom is 0.0682 e. The highest BCUT2D eigenvalue weighted by Gasteiger charge is 2.25. The summed E-state index contributed by atoms with van der Waals surface area (Å²) in [5.74, 6) is 0. The maximum atomic E-state index is 9.25. The standard InChI is InChI=1S/C8H17NO/c1-3-4-9-6-8(10)5-7(9)2/h7-8,10H,3-6H2,1-2H3/t7-,8+/m0/s1. The summed E-state index contributed by atoms with van der Waals surface area (Å²) in [4.78, 5) is 2.35. The van der Waals surface area contributed by atoms with Crippen molar-refractivity contribution in [2.45, 2.75) is 38.8 Å². The van der Waals surface area contributed by atoms with E-state index in [4.69, 9.17) is 0 Å². The van der Waals surface area contributed by atoms with Crippen LogP contribution < -0.4 is 0 Å². The molecule has 1 N–H and O–H groups in total. The number of nitrogens with zero attached hydrogens (tertiary/aromatic N) is 1. The largest absolute Gasteiger partial charge is 0.392 e. The molecule has 2 heteroatoms. The van der Waals surface area contributed by atoms with Gasteiger partial charge in [0, 0.05) is 12.6 Å². The van der Waals surface area contributed by atoms with Gasteiger partial charge in [-0.2, -0.15) is 0 Å². The van der Waals surface area contributed by atoms with Gasteiger partial charge in [-0.25, -0.2) is 0 Å². The summed E-state index contributed by atoms with van der Waals surface area (Å²) < 4.78 is 0. The molecule has 0 amide bonds. The lowest BCUT2D eigenvalue weighted by Gasteiger charge is -2.18. The molecule has 0 radical (unpaired) electrons. The van der Waals surface area contributed by atoms with Crippen LogP contribution in [0.3, 0.4) is 0 Å². The summed E-state index contributed by atoms with van der Waals surface area (Å²) in [6, 6.07) is 0.593. The van der Waals surface area contributed by atoms with E-state index in [1.165, 1.54) is 6.42 Å². The molecular formula is C8H17NO. The van der Waals surface area contributed by atoms with E-state index in [0.717, 1.165) is 19.5 Å². The second-order valence-corrected chi connectivity index (χ2v) is 3.23. The first-order chi connectivity index (χ1) is 4.74. The Morgan fingerprint density at radius 1 is 1.60 bits per heavy atom. The molecule has 0 aromatic heterocycles. The van der Waals surface area contributed by atoms with Crippen LogP contribution in [0.4, 0.5) is 0 Å². The van der Waals surface area contributed by atoms with Gasteiger partial charge in [-0.1, -0.05) is 6.92 Å². The highest BCUT2D eigenvalue weighted by Crippen LogP contribution is 2.16. The summed E-state index contributed by atoms with van der Waals surface area (Å²) in [5, 5.41) is 9.25. The number of hydrogen-bond donors (Lipinski definition) is 1. The minimum Gasteiger partial charge on any atom is -0.392 e. The van der Waals surface area contributed by atoms with Crippen LogP contribution in [0.25, 0.3) is 0 Å². The van der Waals surface area contributed by atoms with Gasteiger partial charge < -0.3 is 5.11 Å². The summed E-state index contributed by atoms with van der Waals surface area (Å²) in [6.45, 7) is 6.39. The predicted molar refractivity (Wildman–Crippen MR) is 41.9 cm³/mol. The molecule has 0 unspecified atom stereocenters. The lowest BCUT2D eigenvalue weighted by molar-refractivity contribution is 0.175. The molecule has 1 saturated heterocycles. The topological polar surface area (TPSA) is 23.5 Å². The van der Waals surface area contributed by atoms with Crippen molar-refractivity contribution in [2.24, 2.45) is 0 Å². The van der Waals surface area contributed by atoms with E-state index in [2.05, 4.69) is 18.7 Å². The number of rotatable bonds is 2. The molecule has 1 aliphatic rings. The fraction of sp³-hybridized carbons (Fsp3) is 1.00. The molecule has 1 aliphatic heterocycles. The Bertz CT molecular complexity index is 105. The molecule has 0 aromatic rings. The number of aliphatic hydroxyl groups is 1. The van der Waals surface area contributed by atoms with E-state index >= 15 is 0 Å². The van der Waals surface area contributed by atoms with Crippen LogP contribution in [0.1, 0.15) is 26.7 Å². The fourth-order valence-electron chi connectivity index (χ4n) is 1.67. The normalized spacial score (nSPS) is 35.1. The van der Waals surface area contributed by atoms with Crippen molar-refractivity contribution in [3.05, 3.63) is 0 Å². The maximum absolute atomic E-state index is 9.25. The van der Waals surface area contributed by atoms with E-state index < -0.39 is 0 Å². The molecule has 60 valence electrons. The Labute approximate surface area is 62.8 Å². The first-order valence-electron chi connectivity index (χ1n) is 4.16. The zero-order valence-electron chi connectivity index (χ0n) is 6.88. The van der Waals surface area contributed by atoms with Crippen LogP contribution in [-0.2, 0) is 0 Å². The van der Waals surface area contributed by atoms with Crippen molar-refractivity contribution in [1.82, 2.24) is 4.90 Å². The van der Waals surface area contributed by atoms with E-state index in [-0.39, 0.29) is 6.10 Å². The van der Waals surface area contributed by atoms with Crippen molar-refractivity contribution >= 4 is 0 Å². The van der Waals surface area contributed by atoms with Gasteiger partial charge in [-0.05, 0) is 26.3 Å². The van der Waals surface area contributed by atoms with Crippen LogP contribution in [0.2, 0.25) is 0 Å². The van der Waals surface area contributed by atoms with Gasteiger partial charge in [0.2, 0.25) is 0 Å². The second kappa shape index (κ2) is 3.35. The van der Waals surface area contributed by atoms with Gasteiger partial charge in [-0.3, -0.25) is 4.90 Å². The number of likely N-dealkylation sites (tertiary alicyclic amines) is 1. The smallest absolute Gasteiger partial charge is 0.0682 e. The van der Waals surface area contributed by atoms with Crippen molar-refractivity contribution in [3.8, 4) is 0 Å². The van der Waals surface area contributed by atoms with Gasteiger partial charge in [0.1, 0.15) is 0 Å². The second-order valence-electron chi connectivity index (χ2n) is 3.23. The lowest BCUT2D eigenvalue weighted by atomic mass is 10.2. The molecule has 1 fully saturated rings. The highest BCUT2D eigenvalue weighted by molar-refractivity contribution is 4.81. The Balaban J connectivity index is 2.31. The fourth-order valence-corrected chi connectivity index (χ4v) is 1.67. The minimum atomic E-state index is -0.0680. The average Bonchev–Trinajstić information content (AvgIpc) is 2.13. The number of β-amino-alcohol motifs (C(OH)–C–C–N with tert-alkyl or cyclic N) is 1. The van der Waals surface area contributed by atoms with Gasteiger partial charge in [0.05, 0.1) is 6.10 Å². The predicted octanol–water partition coefficient (Wildman–Crippen LogP) is 0.852. The van der Waals surface area contributed by atoms with Crippen LogP contribution in [0.15, 0.2) is 0 Å². The van der Waals surface area contributed by atoms with E-state index in [0.29, 0.717) is 6.04 Å². The number of aliphatic hydroxyl groups excluding tert-OH is 1. The van der Waals surface area contributed by atoms with Crippen molar-refractivity contribution in [1.29, 1.82) is 0 Å². The summed E-state index contributed by atoms with van der Waals surface area (Å²) in [7, 11) is 0. The van der Waals surface area contributed by atoms with E-state index in [1.807, 2.05) is 0 Å². The van der Waals surface area contributed by atoms with Gasteiger partial charge in [-0.15, -0.1) is 0 Å². The summed E-state index contributed by atoms with van der Waals surface area (Å²) in [6.07, 6.45) is 2.08. The Hall–Kier alpha value is -0.0800. The number of hydrogen-bond acceptors (Lipinski definition) is 2. The Morgan fingerprint density at radius 2 is 2.30 bits per heavy atom. The molecule has 2 nitrogen and oxygen atoms in total. The molecule has 0 saturated carbocycles. The zero-order chi connectivity index (χ0) is 7.56. The van der Waals surface area contributed by atoms with Crippen LogP contribution >= 0.6 is 0 Å². The van der Waals surface area contributed by atoms with E-state index in [9.17, 15) is 5.11 Å². The molecule has 1 heterocycles. The van der Waals surface area contributed by atoms with Crippen LogP contribution in [0.5, 0.6) is 0 Å². The minimum absolute atomic E-state index is 0.0680. The third-order valence-electron chi connectivity index (χ3n) is 2.19. The molecule has 0 spiro atoms. The molecular weight excluding hydrogens is 126 g/mol. The zero-order valence-corrected chi connectivity index (χ0v) is 6.88. The third-order valence-corrected chi connectivity index (χ3v) is 2.19. The monoisotopic (exact) mass is 143 g/mol. The first kappa shape index (κ1) is 8.02.